The van der Waals surface area contributed by atoms with Crippen molar-refractivity contribution in [3.05, 3.63) is 34.7 Å². The van der Waals surface area contributed by atoms with E-state index in [1.165, 1.54) is 33.1 Å². The van der Waals surface area contributed by atoms with E-state index < -0.39 is 116 Å². The molecule has 0 bridgehead atoms. The third-order valence-corrected chi connectivity index (χ3v) is 17.9. The van der Waals surface area contributed by atoms with Crippen LogP contribution in [0.1, 0.15) is 133 Å². The SMILES string of the molecule is CC(CCC(OC1OC(COC(O)/C(O)=C(/O)C(O)CCO)C(O)C(O)C1OC(O)/C(O)=C(\O)C(O)CCO)C(C)(C)O)C1CCC2(C)C3CC=C4C(CCC(C)C4(C)C)C3(C)CCC12C. The fourth-order valence-electron chi connectivity index (χ4n) is 13.1. The summed E-state index contributed by atoms with van der Waals surface area (Å²) in [5.41, 5.74) is 0.723. The summed E-state index contributed by atoms with van der Waals surface area (Å²) < 4.78 is 23.2. The Morgan fingerprint density at radius 1 is 0.758 bits per heavy atom. The molecule has 1 heterocycles. The minimum absolute atomic E-state index is 0.0628. The Morgan fingerprint density at radius 3 is 1.92 bits per heavy atom. The molecule has 4 fully saturated rings. The molecule has 13 N–H and O–H groups in total. The molecule has 1 saturated heterocycles. The maximum Gasteiger partial charge on any atom is 0.218 e. The lowest BCUT2D eigenvalue weighted by molar-refractivity contribution is -0.348. The molecular formula is C49H84O17. The van der Waals surface area contributed by atoms with Crippen LogP contribution in [0.2, 0.25) is 0 Å². The van der Waals surface area contributed by atoms with Gasteiger partial charge in [-0.2, -0.15) is 0 Å². The van der Waals surface area contributed by atoms with E-state index in [4.69, 9.17) is 24.1 Å². The highest BCUT2D eigenvalue weighted by molar-refractivity contribution is 5.30. The summed E-state index contributed by atoms with van der Waals surface area (Å²) in [5.74, 6) is -2.27. The summed E-state index contributed by atoms with van der Waals surface area (Å²) in [5, 5.41) is 135. The van der Waals surface area contributed by atoms with Crippen molar-refractivity contribution in [2.24, 2.45) is 51.2 Å². The molecule has 0 radical (unpaired) electrons. The second kappa shape index (κ2) is 21.1. The Morgan fingerprint density at radius 2 is 1.35 bits per heavy atom. The van der Waals surface area contributed by atoms with E-state index in [1.54, 1.807) is 5.57 Å². The number of aliphatic hydroxyl groups is 13. The first kappa shape index (κ1) is 54.8. The van der Waals surface area contributed by atoms with Gasteiger partial charge in [-0.05, 0) is 123 Å². The van der Waals surface area contributed by atoms with Crippen molar-refractivity contribution in [1.82, 2.24) is 0 Å². The van der Waals surface area contributed by atoms with Gasteiger partial charge in [-0.25, -0.2) is 0 Å². The van der Waals surface area contributed by atoms with E-state index in [1.807, 2.05) is 0 Å². The van der Waals surface area contributed by atoms with Gasteiger partial charge in [0.1, 0.15) is 36.6 Å². The van der Waals surface area contributed by atoms with Crippen molar-refractivity contribution < 1.29 is 85.3 Å². The number of allylic oxidation sites excluding steroid dienone is 2. The van der Waals surface area contributed by atoms with Crippen molar-refractivity contribution in [1.29, 1.82) is 0 Å². The van der Waals surface area contributed by atoms with Gasteiger partial charge < -0.3 is 85.3 Å². The molecule has 18 unspecified atom stereocenters. The zero-order valence-electron chi connectivity index (χ0n) is 40.6. The highest BCUT2D eigenvalue weighted by Gasteiger charge is 2.67. The minimum Gasteiger partial charge on any atom is -0.506 e. The molecule has 5 aliphatic rings. The van der Waals surface area contributed by atoms with Crippen molar-refractivity contribution in [3.8, 4) is 0 Å². The van der Waals surface area contributed by atoms with Crippen molar-refractivity contribution in [2.45, 2.75) is 200 Å². The lowest BCUT2D eigenvalue weighted by atomic mass is 9.38. The monoisotopic (exact) mass is 945 g/mol. The molecule has 0 aromatic rings. The molecule has 1 aliphatic heterocycles. The average molecular weight is 945 g/mol. The van der Waals surface area contributed by atoms with E-state index in [0.29, 0.717) is 30.1 Å². The lowest BCUT2D eigenvalue weighted by Gasteiger charge is -2.66. The first-order valence-electron chi connectivity index (χ1n) is 24.2. The molecule has 0 spiro atoms. The van der Waals surface area contributed by atoms with Crippen LogP contribution in [0, 0.1) is 51.2 Å². The number of ether oxygens (including phenoxy) is 4. The number of fused-ring (bicyclic) bond motifs is 5. The normalized spacial score (nSPS) is 39.2. The molecule has 17 nitrogen and oxygen atoms in total. The van der Waals surface area contributed by atoms with Gasteiger partial charge in [-0.1, -0.05) is 60.1 Å². The summed E-state index contributed by atoms with van der Waals surface area (Å²) in [6, 6.07) is 0. The Hall–Kier alpha value is -2.10. The molecule has 3 saturated carbocycles. The zero-order valence-corrected chi connectivity index (χ0v) is 40.6. The number of aliphatic hydroxyl groups excluding tert-OH is 12. The third kappa shape index (κ3) is 10.5. The van der Waals surface area contributed by atoms with Crippen molar-refractivity contribution in [3.63, 3.8) is 0 Å². The molecule has 382 valence electrons. The molecule has 0 aromatic heterocycles. The first-order chi connectivity index (χ1) is 30.6. The molecule has 5 rings (SSSR count). The fraction of sp³-hybridized carbons (Fsp3) is 0.878. The summed E-state index contributed by atoms with van der Waals surface area (Å²) in [6.45, 7) is 18.3. The summed E-state index contributed by atoms with van der Waals surface area (Å²) in [7, 11) is 0. The molecule has 4 aliphatic carbocycles. The van der Waals surface area contributed by atoms with Gasteiger partial charge in [-0.3, -0.25) is 0 Å². The lowest BCUT2D eigenvalue weighted by Crippen LogP contribution is -2.62. The van der Waals surface area contributed by atoms with Gasteiger partial charge in [0, 0.05) is 26.1 Å². The predicted octanol–water partition coefficient (Wildman–Crippen LogP) is 4.43. The maximum atomic E-state index is 11.6. The largest absolute Gasteiger partial charge is 0.506 e. The standard InChI is InChI=1S/C49H84O17/c1-25(27-16-19-49(9)33-14-13-28-29(12-11-26(2)45(28,3)4)47(33,7)20-21-48(27,49)8)10-15-34(46(5,6)62)65-44-41(66-43(61)40(59)36(55)31(53)18-23-51)38(57)37(56)32(64-44)24-63-42(60)39(58)35(54)30(52)17-22-50/h13,25-27,29-34,37-38,41-44,50-62H,10-12,14-24H2,1-9H3/b39-35-,40-36+. The van der Waals surface area contributed by atoms with Crippen LogP contribution < -0.4 is 0 Å². The quantitative estimate of drug-likeness (QED) is 0.0456. The highest BCUT2D eigenvalue weighted by atomic mass is 16.7. The van der Waals surface area contributed by atoms with E-state index in [2.05, 4.69) is 54.5 Å². The van der Waals surface area contributed by atoms with Crippen LogP contribution in [0.5, 0.6) is 0 Å². The molecule has 0 amide bonds. The Bertz CT molecular complexity index is 1720. The summed E-state index contributed by atoms with van der Waals surface area (Å²) in [6.07, 6.45) is -7.54. The topological polar surface area (TPSA) is 300 Å². The minimum atomic E-state index is -2.43. The molecule has 17 heteroatoms. The predicted molar refractivity (Wildman–Crippen MR) is 241 cm³/mol. The Kier molecular flexibility index (Phi) is 17.5. The van der Waals surface area contributed by atoms with Crippen LogP contribution in [0.15, 0.2) is 34.7 Å². The Labute approximate surface area is 390 Å². The summed E-state index contributed by atoms with van der Waals surface area (Å²) >= 11 is 0. The maximum absolute atomic E-state index is 11.6. The van der Waals surface area contributed by atoms with E-state index in [-0.39, 0.29) is 40.4 Å². The van der Waals surface area contributed by atoms with Crippen LogP contribution in [0.4, 0.5) is 0 Å². The van der Waals surface area contributed by atoms with E-state index in [0.717, 1.165) is 25.7 Å². The van der Waals surface area contributed by atoms with Crippen LogP contribution in [0.25, 0.3) is 0 Å². The molecular weight excluding hydrogens is 861 g/mol. The van der Waals surface area contributed by atoms with Crippen LogP contribution in [0.3, 0.4) is 0 Å². The van der Waals surface area contributed by atoms with Crippen LogP contribution in [-0.2, 0) is 18.9 Å². The first-order valence-corrected chi connectivity index (χ1v) is 24.2. The second-order valence-corrected chi connectivity index (χ2v) is 22.3. The fourth-order valence-corrected chi connectivity index (χ4v) is 13.1. The van der Waals surface area contributed by atoms with Crippen LogP contribution in [-0.4, -0.2) is 153 Å². The van der Waals surface area contributed by atoms with Gasteiger partial charge >= 0.3 is 0 Å². The van der Waals surface area contributed by atoms with Crippen LogP contribution >= 0.6 is 0 Å². The number of rotatable bonds is 20. The molecule has 18 atom stereocenters. The smallest absolute Gasteiger partial charge is 0.218 e. The van der Waals surface area contributed by atoms with Crippen molar-refractivity contribution in [2.75, 3.05) is 19.8 Å². The highest BCUT2D eigenvalue weighted by Crippen LogP contribution is 2.75. The number of hydrogen-bond acceptors (Lipinski definition) is 17. The van der Waals surface area contributed by atoms with Gasteiger partial charge in [0.25, 0.3) is 0 Å². The molecule has 0 aromatic carbocycles. The average Bonchev–Trinajstić information content (AvgIpc) is 3.54. The summed E-state index contributed by atoms with van der Waals surface area (Å²) in [4.78, 5) is 0. The van der Waals surface area contributed by atoms with E-state index in [9.17, 15) is 61.3 Å². The molecule has 66 heavy (non-hydrogen) atoms. The van der Waals surface area contributed by atoms with Gasteiger partial charge in [-0.15, -0.1) is 0 Å². The van der Waals surface area contributed by atoms with Gasteiger partial charge in [0.15, 0.2) is 29.3 Å². The third-order valence-electron chi connectivity index (χ3n) is 17.9. The van der Waals surface area contributed by atoms with Gasteiger partial charge in [0.05, 0.1) is 18.3 Å². The van der Waals surface area contributed by atoms with Gasteiger partial charge in [0.2, 0.25) is 12.6 Å². The second-order valence-electron chi connectivity index (χ2n) is 22.3. The Balaban J connectivity index is 1.36. The van der Waals surface area contributed by atoms with E-state index >= 15 is 0 Å². The zero-order chi connectivity index (χ0) is 49.5. The number of hydrogen-bond donors (Lipinski definition) is 13. The van der Waals surface area contributed by atoms with Crippen molar-refractivity contribution >= 4 is 0 Å².